The quantitative estimate of drug-likeness (QED) is 0.831. The summed E-state index contributed by atoms with van der Waals surface area (Å²) in [6.45, 7) is 5.85. The van der Waals surface area contributed by atoms with E-state index in [2.05, 4.69) is 13.8 Å². The van der Waals surface area contributed by atoms with Crippen LogP contribution in [0.1, 0.15) is 38.0 Å². The Morgan fingerprint density at radius 1 is 1.53 bits per heavy atom. The van der Waals surface area contributed by atoms with Crippen LogP contribution in [0.25, 0.3) is 0 Å². The maximum atomic E-state index is 11.2. The minimum atomic E-state index is -0.436. The lowest BCUT2D eigenvalue weighted by atomic mass is 10.0. The van der Waals surface area contributed by atoms with Crippen molar-refractivity contribution in [3.63, 3.8) is 0 Å². The Kier molecular flexibility index (Phi) is 3.95. The van der Waals surface area contributed by atoms with Crippen molar-refractivity contribution in [2.24, 2.45) is 5.92 Å². The standard InChI is InChI=1S/C12H18O3/c1-4-8(2)5-6-10-7-11(13)9(3)12(14)15-10/h7-8,13H,4-6H2,1-3H3/t8-/m0/s1. The van der Waals surface area contributed by atoms with Gasteiger partial charge in [0.25, 0.3) is 0 Å². The Bertz CT molecular complexity index is 379. The van der Waals surface area contributed by atoms with Crippen molar-refractivity contribution in [2.45, 2.75) is 40.0 Å². The summed E-state index contributed by atoms with van der Waals surface area (Å²) in [5.41, 5.74) is -0.156. The molecule has 84 valence electrons. The monoisotopic (exact) mass is 210 g/mol. The van der Waals surface area contributed by atoms with Gasteiger partial charge in [0, 0.05) is 12.5 Å². The Morgan fingerprint density at radius 2 is 2.20 bits per heavy atom. The highest BCUT2D eigenvalue weighted by Gasteiger charge is 2.07. The highest BCUT2D eigenvalue weighted by atomic mass is 16.4. The minimum Gasteiger partial charge on any atom is -0.507 e. The van der Waals surface area contributed by atoms with Gasteiger partial charge < -0.3 is 9.52 Å². The van der Waals surface area contributed by atoms with Gasteiger partial charge in [-0.05, 0) is 19.3 Å². The molecule has 1 N–H and O–H groups in total. The first kappa shape index (κ1) is 11.8. The molecule has 0 aliphatic heterocycles. The molecule has 1 atom stereocenters. The molecular weight excluding hydrogens is 192 g/mol. The predicted molar refractivity (Wildman–Crippen MR) is 59.2 cm³/mol. The Morgan fingerprint density at radius 3 is 2.73 bits per heavy atom. The first-order chi connectivity index (χ1) is 7.04. The van der Waals surface area contributed by atoms with Crippen molar-refractivity contribution in [3.05, 3.63) is 27.8 Å². The number of aromatic hydroxyl groups is 1. The van der Waals surface area contributed by atoms with Crippen LogP contribution < -0.4 is 5.63 Å². The molecule has 0 saturated carbocycles. The fourth-order valence-corrected chi connectivity index (χ4v) is 1.31. The third-order valence-electron chi connectivity index (χ3n) is 2.79. The lowest BCUT2D eigenvalue weighted by molar-refractivity contribution is 0.400. The predicted octanol–water partition coefficient (Wildman–Crippen LogP) is 2.63. The van der Waals surface area contributed by atoms with E-state index in [-0.39, 0.29) is 11.3 Å². The molecule has 0 radical (unpaired) electrons. The minimum absolute atomic E-state index is 0.0328. The van der Waals surface area contributed by atoms with Crippen molar-refractivity contribution in [2.75, 3.05) is 0 Å². The van der Waals surface area contributed by atoms with Gasteiger partial charge in [-0.1, -0.05) is 20.3 Å². The van der Waals surface area contributed by atoms with Crippen LogP contribution in [0.4, 0.5) is 0 Å². The Labute approximate surface area is 89.7 Å². The van der Waals surface area contributed by atoms with E-state index in [9.17, 15) is 9.90 Å². The topological polar surface area (TPSA) is 50.4 Å². The van der Waals surface area contributed by atoms with Crippen LogP contribution in [0, 0.1) is 12.8 Å². The largest absolute Gasteiger partial charge is 0.507 e. The number of hydrogen-bond donors (Lipinski definition) is 1. The molecule has 0 aromatic carbocycles. The SMILES string of the molecule is CC[C@H](C)CCc1cc(O)c(C)c(=O)o1. The van der Waals surface area contributed by atoms with Crippen molar-refractivity contribution in [1.82, 2.24) is 0 Å². The molecule has 1 aromatic heterocycles. The molecule has 0 aliphatic rings. The fourth-order valence-electron chi connectivity index (χ4n) is 1.31. The van der Waals surface area contributed by atoms with E-state index in [0.717, 1.165) is 12.8 Å². The summed E-state index contributed by atoms with van der Waals surface area (Å²) in [7, 11) is 0. The van der Waals surface area contributed by atoms with Crippen molar-refractivity contribution in [1.29, 1.82) is 0 Å². The van der Waals surface area contributed by atoms with Crippen LogP contribution in [0.2, 0.25) is 0 Å². The summed E-state index contributed by atoms with van der Waals surface area (Å²) < 4.78 is 5.07. The van der Waals surface area contributed by atoms with Gasteiger partial charge >= 0.3 is 5.63 Å². The van der Waals surface area contributed by atoms with E-state index in [0.29, 0.717) is 18.1 Å². The first-order valence-electron chi connectivity index (χ1n) is 5.37. The number of rotatable bonds is 4. The summed E-state index contributed by atoms with van der Waals surface area (Å²) >= 11 is 0. The van der Waals surface area contributed by atoms with Gasteiger partial charge in [-0.3, -0.25) is 0 Å². The zero-order chi connectivity index (χ0) is 11.4. The van der Waals surface area contributed by atoms with Gasteiger partial charge in [-0.2, -0.15) is 0 Å². The highest BCUT2D eigenvalue weighted by molar-refractivity contribution is 5.28. The molecule has 1 aromatic rings. The van der Waals surface area contributed by atoms with Crippen LogP contribution in [0.15, 0.2) is 15.3 Å². The summed E-state index contributed by atoms with van der Waals surface area (Å²) in [6, 6.07) is 1.54. The summed E-state index contributed by atoms with van der Waals surface area (Å²) in [5, 5.41) is 9.44. The molecular formula is C12H18O3. The second-order valence-corrected chi connectivity index (χ2v) is 4.06. The van der Waals surface area contributed by atoms with Crippen LogP contribution >= 0.6 is 0 Å². The molecule has 0 unspecified atom stereocenters. The molecule has 0 bridgehead atoms. The molecule has 15 heavy (non-hydrogen) atoms. The number of hydrogen-bond acceptors (Lipinski definition) is 3. The Hall–Kier alpha value is -1.25. The molecule has 3 heteroatoms. The maximum Gasteiger partial charge on any atom is 0.342 e. The van der Waals surface area contributed by atoms with Crippen LogP contribution in [0.3, 0.4) is 0 Å². The lowest BCUT2D eigenvalue weighted by Crippen LogP contribution is -2.06. The van der Waals surface area contributed by atoms with E-state index in [1.807, 2.05) is 0 Å². The van der Waals surface area contributed by atoms with Gasteiger partial charge in [0.1, 0.15) is 11.5 Å². The lowest BCUT2D eigenvalue weighted by Gasteiger charge is -2.07. The third-order valence-corrected chi connectivity index (χ3v) is 2.79. The van der Waals surface area contributed by atoms with Gasteiger partial charge in [0.15, 0.2) is 0 Å². The summed E-state index contributed by atoms with van der Waals surface area (Å²) in [6.07, 6.45) is 2.79. The summed E-state index contributed by atoms with van der Waals surface area (Å²) in [5.74, 6) is 1.22. The first-order valence-corrected chi connectivity index (χ1v) is 5.37. The molecule has 3 nitrogen and oxygen atoms in total. The second-order valence-electron chi connectivity index (χ2n) is 4.06. The highest BCUT2D eigenvalue weighted by Crippen LogP contribution is 2.17. The smallest absolute Gasteiger partial charge is 0.342 e. The Balaban J connectivity index is 2.75. The maximum absolute atomic E-state index is 11.2. The number of aryl methyl sites for hydroxylation is 1. The molecule has 0 saturated heterocycles. The van der Waals surface area contributed by atoms with E-state index in [1.165, 1.54) is 0 Å². The van der Waals surface area contributed by atoms with Gasteiger partial charge in [-0.25, -0.2) is 4.79 Å². The van der Waals surface area contributed by atoms with E-state index in [4.69, 9.17) is 4.42 Å². The normalized spacial score (nSPS) is 12.7. The molecule has 0 amide bonds. The van der Waals surface area contributed by atoms with Gasteiger partial charge in [0.2, 0.25) is 0 Å². The molecule has 0 fully saturated rings. The fraction of sp³-hybridized carbons (Fsp3) is 0.583. The average Bonchev–Trinajstić information content (AvgIpc) is 2.22. The van der Waals surface area contributed by atoms with E-state index in [1.54, 1.807) is 13.0 Å². The van der Waals surface area contributed by atoms with E-state index < -0.39 is 5.63 Å². The molecule has 0 aliphatic carbocycles. The van der Waals surface area contributed by atoms with Crippen molar-refractivity contribution >= 4 is 0 Å². The van der Waals surface area contributed by atoms with Crippen LogP contribution in [-0.4, -0.2) is 5.11 Å². The van der Waals surface area contributed by atoms with E-state index >= 15 is 0 Å². The second kappa shape index (κ2) is 5.01. The van der Waals surface area contributed by atoms with Crippen LogP contribution in [-0.2, 0) is 6.42 Å². The molecule has 1 heterocycles. The molecule has 1 rings (SSSR count). The van der Waals surface area contributed by atoms with Gasteiger partial charge in [0.05, 0.1) is 5.56 Å². The van der Waals surface area contributed by atoms with Crippen molar-refractivity contribution < 1.29 is 9.52 Å². The van der Waals surface area contributed by atoms with Crippen molar-refractivity contribution in [3.8, 4) is 5.75 Å². The summed E-state index contributed by atoms with van der Waals surface area (Å²) in [4.78, 5) is 11.2. The molecule has 0 spiro atoms. The zero-order valence-electron chi connectivity index (χ0n) is 9.54. The average molecular weight is 210 g/mol. The third kappa shape index (κ3) is 3.11. The zero-order valence-corrected chi connectivity index (χ0v) is 9.54. The van der Waals surface area contributed by atoms with Gasteiger partial charge in [-0.15, -0.1) is 0 Å². The van der Waals surface area contributed by atoms with Crippen LogP contribution in [0.5, 0.6) is 5.75 Å².